The predicted molar refractivity (Wildman–Crippen MR) is 81.3 cm³/mol. The molecule has 2 rings (SSSR count). The molecule has 2 aromatic rings. The van der Waals surface area contributed by atoms with Gasteiger partial charge in [0.05, 0.1) is 17.7 Å². The van der Waals surface area contributed by atoms with Crippen LogP contribution in [0.2, 0.25) is 0 Å². The molecule has 0 radical (unpaired) electrons. The largest absolute Gasteiger partial charge is 0.380 e. The monoisotopic (exact) mass is 298 g/mol. The zero-order valence-corrected chi connectivity index (χ0v) is 13.4. The van der Waals surface area contributed by atoms with Crippen LogP contribution < -0.4 is 0 Å². The van der Waals surface area contributed by atoms with E-state index in [9.17, 15) is 0 Å². The van der Waals surface area contributed by atoms with E-state index in [1.807, 2.05) is 25.6 Å². The van der Waals surface area contributed by atoms with Crippen LogP contribution in [0.5, 0.6) is 0 Å². The summed E-state index contributed by atoms with van der Waals surface area (Å²) in [7, 11) is 1.96. The highest BCUT2D eigenvalue weighted by atomic mass is 35.5. The molecule has 0 spiro atoms. The Bertz CT molecular complexity index is 573. The van der Waals surface area contributed by atoms with Crippen LogP contribution in [0.25, 0.3) is 11.2 Å². The molecule has 0 saturated carbocycles. The van der Waals surface area contributed by atoms with E-state index in [0.717, 1.165) is 48.7 Å². The summed E-state index contributed by atoms with van der Waals surface area (Å²) in [5.74, 6) is 0.895. The van der Waals surface area contributed by atoms with Gasteiger partial charge in [0.1, 0.15) is 11.3 Å². The molecule has 0 bridgehead atoms. The van der Waals surface area contributed by atoms with Gasteiger partial charge in [-0.25, -0.2) is 4.98 Å². The Morgan fingerprint density at radius 3 is 2.70 bits per heavy atom. The lowest BCUT2D eigenvalue weighted by Crippen LogP contribution is -2.12. The van der Waals surface area contributed by atoms with E-state index >= 15 is 0 Å². The molecule has 0 fully saturated rings. The number of nitrogens with zero attached hydrogens (tertiary/aromatic N) is 4. The number of rotatable bonds is 7. The zero-order chi connectivity index (χ0) is 14.7. The first-order valence-electron chi connectivity index (χ1n) is 7.23. The fourth-order valence-electron chi connectivity index (χ4n) is 2.49. The van der Waals surface area contributed by atoms with Crippen molar-refractivity contribution in [2.75, 3.05) is 13.2 Å². The molecule has 0 amide bonds. The molecule has 20 heavy (non-hydrogen) atoms. The lowest BCUT2D eigenvalue weighted by atomic mass is 10.2. The van der Waals surface area contributed by atoms with Crippen LogP contribution in [-0.2, 0) is 24.8 Å². The molecule has 0 aliphatic heterocycles. The molecule has 1 unspecified atom stereocenters. The smallest absolute Gasteiger partial charge is 0.158 e. The maximum absolute atomic E-state index is 6.28. The van der Waals surface area contributed by atoms with Crippen molar-refractivity contribution in [2.45, 2.75) is 45.5 Å². The highest BCUT2D eigenvalue weighted by molar-refractivity contribution is 6.20. The summed E-state index contributed by atoms with van der Waals surface area (Å²) >= 11 is 6.28. The first-order valence-corrected chi connectivity index (χ1v) is 7.67. The van der Waals surface area contributed by atoms with Crippen molar-refractivity contribution in [3.05, 3.63) is 11.5 Å². The van der Waals surface area contributed by atoms with E-state index in [4.69, 9.17) is 21.3 Å². The van der Waals surface area contributed by atoms with E-state index in [-0.39, 0.29) is 5.38 Å². The molecule has 5 nitrogen and oxygen atoms in total. The van der Waals surface area contributed by atoms with Crippen molar-refractivity contribution >= 4 is 22.8 Å². The van der Waals surface area contributed by atoms with Crippen LogP contribution in [-0.4, -0.2) is 32.5 Å². The second-order valence-electron chi connectivity index (χ2n) is 4.93. The third kappa shape index (κ3) is 2.83. The Kier molecular flexibility index (Phi) is 5.05. The van der Waals surface area contributed by atoms with Crippen LogP contribution in [0.15, 0.2) is 0 Å². The quantitative estimate of drug-likeness (QED) is 0.583. The van der Waals surface area contributed by atoms with Gasteiger partial charge in [-0.1, -0.05) is 13.3 Å². The summed E-state index contributed by atoms with van der Waals surface area (Å²) in [5.41, 5.74) is 3.07. The average molecular weight is 299 g/mol. The van der Waals surface area contributed by atoms with Gasteiger partial charge in [0.25, 0.3) is 0 Å². The summed E-state index contributed by atoms with van der Waals surface area (Å²) in [6.07, 6.45) is 2.00. The lowest BCUT2D eigenvalue weighted by molar-refractivity contribution is 0.139. The van der Waals surface area contributed by atoms with Gasteiger partial charge in [0.2, 0.25) is 0 Å². The summed E-state index contributed by atoms with van der Waals surface area (Å²) < 4.78 is 9.50. The van der Waals surface area contributed by atoms with Gasteiger partial charge in [-0.15, -0.1) is 11.6 Å². The Morgan fingerprint density at radius 2 is 2.10 bits per heavy atom. The number of hydrogen-bond acceptors (Lipinski definition) is 3. The second kappa shape index (κ2) is 6.59. The van der Waals surface area contributed by atoms with Crippen molar-refractivity contribution in [1.29, 1.82) is 0 Å². The van der Waals surface area contributed by atoms with E-state index in [0.29, 0.717) is 6.61 Å². The highest BCUT2D eigenvalue weighted by Crippen LogP contribution is 2.26. The van der Waals surface area contributed by atoms with Gasteiger partial charge in [-0.2, -0.15) is 5.10 Å². The van der Waals surface area contributed by atoms with Crippen molar-refractivity contribution in [2.24, 2.45) is 7.05 Å². The third-order valence-electron chi connectivity index (χ3n) is 3.33. The van der Waals surface area contributed by atoms with Gasteiger partial charge < -0.3 is 9.30 Å². The van der Waals surface area contributed by atoms with E-state index < -0.39 is 0 Å². The number of halogens is 1. The van der Waals surface area contributed by atoms with E-state index in [1.165, 1.54) is 0 Å². The first kappa shape index (κ1) is 15.3. The number of fused-ring (bicyclic) bond motifs is 1. The molecule has 0 aromatic carbocycles. The Balaban J connectivity index is 2.47. The van der Waals surface area contributed by atoms with Crippen LogP contribution >= 0.6 is 11.6 Å². The van der Waals surface area contributed by atoms with Crippen LogP contribution in [0.1, 0.15) is 44.1 Å². The molecule has 0 N–H and O–H groups in total. The maximum atomic E-state index is 6.28. The lowest BCUT2D eigenvalue weighted by Gasteiger charge is -2.10. The standard InChI is InChI=1S/C14H23ClN4O/c1-5-7-11-12-14(18(4)17-11)19(8-9-20-6-2)13(16-12)10(3)15/h10H,5-9H2,1-4H3. The summed E-state index contributed by atoms with van der Waals surface area (Å²) in [5, 5.41) is 4.45. The average Bonchev–Trinajstić information content (AvgIpc) is 2.91. The topological polar surface area (TPSA) is 44.9 Å². The molecule has 0 aliphatic carbocycles. The fourth-order valence-corrected chi connectivity index (χ4v) is 2.65. The minimum absolute atomic E-state index is 0.126. The van der Waals surface area contributed by atoms with Gasteiger partial charge in [-0.05, 0) is 20.3 Å². The minimum atomic E-state index is -0.126. The Morgan fingerprint density at radius 1 is 1.35 bits per heavy atom. The van der Waals surface area contributed by atoms with Gasteiger partial charge in [0, 0.05) is 20.2 Å². The van der Waals surface area contributed by atoms with Gasteiger partial charge in [-0.3, -0.25) is 4.68 Å². The number of alkyl halides is 1. The fraction of sp³-hybridized carbons (Fsp3) is 0.714. The number of imidazole rings is 1. The number of aryl methyl sites for hydroxylation is 2. The molecule has 6 heteroatoms. The molecule has 112 valence electrons. The highest BCUT2D eigenvalue weighted by Gasteiger charge is 2.21. The summed E-state index contributed by atoms with van der Waals surface area (Å²) in [6.45, 7) is 8.23. The van der Waals surface area contributed by atoms with Crippen molar-refractivity contribution in [3.8, 4) is 0 Å². The Hall–Kier alpha value is -1.07. The Labute approximate surface area is 124 Å². The predicted octanol–water partition coefficient (Wildman–Crippen LogP) is 3.06. The third-order valence-corrected chi connectivity index (χ3v) is 3.52. The van der Waals surface area contributed by atoms with E-state index in [1.54, 1.807) is 0 Å². The molecular formula is C14H23ClN4O. The second-order valence-corrected chi connectivity index (χ2v) is 5.58. The number of ether oxygens (including phenoxy) is 1. The molecular weight excluding hydrogens is 276 g/mol. The van der Waals surface area contributed by atoms with Crippen molar-refractivity contribution in [3.63, 3.8) is 0 Å². The van der Waals surface area contributed by atoms with E-state index in [2.05, 4.69) is 16.6 Å². The molecule has 0 saturated heterocycles. The van der Waals surface area contributed by atoms with Crippen LogP contribution in [0.3, 0.4) is 0 Å². The van der Waals surface area contributed by atoms with Crippen molar-refractivity contribution < 1.29 is 4.74 Å². The molecule has 1 atom stereocenters. The first-order chi connectivity index (χ1) is 9.60. The number of hydrogen-bond donors (Lipinski definition) is 0. The molecule has 2 heterocycles. The zero-order valence-electron chi connectivity index (χ0n) is 12.7. The van der Waals surface area contributed by atoms with Crippen LogP contribution in [0.4, 0.5) is 0 Å². The summed E-state index contributed by atoms with van der Waals surface area (Å²) in [6, 6.07) is 0. The maximum Gasteiger partial charge on any atom is 0.158 e. The van der Waals surface area contributed by atoms with Gasteiger partial charge in [0.15, 0.2) is 5.65 Å². The molecule has 0 aliphatic rings. The minimum Gasteiger partial charge on any atom is -0.380 e. The molecule has 2 aromatic heterocycles. The number of aromatic nitrogens is 4. The van der Waals surface area contributed by atoms with Crippen LogP contribution in [0, 0.1) is 0 Å². The summed E-state index contributed by atoms with van der Waals surface area (Å²) in [4.78, 5) is 4.72. The van der Waals surface area contributed by atoms with Gasteiger partial charge >= 0.3 is 0 Å². The normalized spacial score (nSPS) is 13.2. The van der Waals surface area contributed by atoms with Crippen molar-refractivity contribution in [1.82, 2.24) is 19.3 Å². The SMILES string of the molecule is CCCc1nn(C)c2c1nc(C(C)Cl)n2CCOCC.